The Morgan fingerprint density at radius 2 is 1.35 bits per heavy atom. The summed E-state index contributed by atoms with van der Waals surface area (Å²) in [4.78, 5) is 1.00. The van der Waals surface area contributed by atoms with Crippen molar-refractivity contribution < 1.29 is 0 Å². The third-order valence-corrected chi connectivity index (χ3v) is 11.1. The third kappa shape index (κ3) is 5.44. The van der Waals surface area contributed by atoms with Crippen LogP contribution < -0.4 is 4.80 Å². The van der Waals surface area contributed by atoms with Gasteiger partial charge in [-0.15, -0.1) is 11.3 Å². The monoisotopic (exact) mass is 472 g/mol. The summed E-state index contributed by atoms with van der Waals surface area (Å²) in [5.74, 6) is 0. The molecule has 7 heteroatoms. The molecule has 0 aliphatic heterocycles. The summed E-state index contributed by atoms with van der Waals surface area (Å²) in [5, 5.41) is 2.22. The normalized spacial score (nSPS) is 12.8. The highest BCUT2D eigenvalue weighted by molar-refractivity contribution is 8.11. The summed E-state index contributed by atoms with van der Waals surface area (Å²) in [7, 11) is 0. The highest BCUT2D eigenvalue weighted by atomic mass is 32.4. The number of hydrogen-bond donors (Lipinski definition) is 0. The van der Waals surface area contributed by atoms with Gasteiger partial charge in [0.1, 0.15) is 0 Å². The molecule has 4 nitrogen and oxygen atoms in total. The van der Waals surface area contributed by atoms with Crippen LogP contribution in [0.5, 0.6) is 0 Å². The Labute approximate surface area is 196 Å². The van der Waals surface area contributed by atoms with E-state index >= 15 is 0 Å². The predicted octanol–water partition coefficient (Wildman–Crippen LogP) is 6.07. The summed E-state index contributed by atoms with van der Waals surface area (Å²) < 4.78 is 12.5. The van der Waals surface area contributed by atoms with Gasteiger partial charge in [-0.2, -0.15) is 4.76 Å². The smallest absolute Gasteiger partial charge is 0.192 e. The van der Waals surface area contributed by atoms with Gasteiger partial charge < -0.3 is 4.57 Å². The van der Waals surface area contributed by atoms with Gasteiger partial charge in [0.25, 0.3) is 0 Å². The van der Waals surface area contributed by atoms with E-state index < -0.39 is 6.49 Å². The van der Waals surface area contributed by atoms with Crippen LogP contribution in [-0.2, 0) is 18.4 Å². The van der Waals surface area contributed by atoms with E-state index in [1.807, 2.05) is 0 Å². The average molecular weight is 473 g/mol. The molecule has 1 heterocycles. The fourth-order valence-corrected chi connectivity index (χ4v) is 9.26. The molecule has 0 amide bonds. The van der Waals surface area contributed by atoms with Crippen molar-refractivity contribution in [1.29, 1.82) is 0 Å². The molecule has 0 atom stereocenters. The van der Waals surface area contributed by atoms with E-state index in [0.717, 1.165) is 37.5 Å². The number of nitrogens with zero attached hydrogens (tertiary/aromatic N) is 4. The van der Waals surface area contributed by atoms with Crippen LogP contribution in [0.1, 0.15) is 33.3 Å². The van der Waals surface area contributed by atoms with Crippen molar-refractivity contribution in [2.24, 2.45) is 4.76 Å². The van der Waals surface area contributed by atoms with Crippen LogP contribution in [0.15, 0.2) is 70.8 Å². The first-order valence-corrected chi connectivity index (χ1v) is 14.6. The Balaban J connectivity index is 2.22. The van der Waals surface area contributed by atoms with E-state index in [2.05, 4.69) is 108 Å². The molecule has 0 spiro atoms. The van der Waals surface area contributed by atoms with Crippen molar-refractivity contribution in [3.8, 4) is 11.3 Å². The van der Waals surface area contributed by atoms with Crippen molar-refractivity contribution in [3.63, 3.8) is 0 Å². The van der Waals surface area contributed by atoms with E-state index in [1.165, 1.54) is 16.8 Å². The van der Waals surface area contributed by atoms with Crippen LogP contribution in [-0.4, -0.2) is 40.1 Å². The molecule has 0 unspecified atom stereocenters. The molecule has 0 saturated carbocycles. The minimum absolute atomic E-state index is 0.777. The number of hydrogen-bond acceptors (Lipinski definition) is 2. The Kier molecular flexibility index (Phi) is 8.82. The number of thiazole rings is 1. The lowest BCUT2D eigenvalue weighted by atomic mass is 10.1. The van der Waals surface area contributed by atoms with Gasteiger partial charge in [-0.3, -0.25) is 0 Å². The second kappa shape index (κ2) is 11.3. The largest absolute Gasteiger partial charge is 0.312 e. The number of benzene rings is 2. The average Bonchev–Trinajstić information content (AvgIpc) is 3.18. The van der Waals surface area contributed by atoms with Gasteiger partial charge in [0.2, 0.25) is 0 Å². The molecule has 3 rings (SSSR count). The molecule has 166 valence electrons. The lowest BCUT2D eigenvalue weighted by Crippen LogP contribution is -2.32. The minimum Gasteiger partial charge on any atom is -0.312 e. The molecular formula is C24H33N4PS2. The Bertz CT molecular complexity index is 1040. The SMILES string of the molecule is CCN(CC)P(=S)(/N=c1\scc(-c2ccccc2)n1Cc1ccccc1)N(CC)CC. The molecule has 0 aliphatic carbocycles. The Morgan fingerprint density at radius 3 is 1.87 bits per heavy atom. The summed E-state index contributed by atoms with van der Waals surface area (Å²) in [6.07, 6.45) is 0. The van der Waals surface area contributed by atoms with E-state index in [0.29, 0.717) is 0 Å². The van der Waals surface area contributed by atoms with Gasteiger partial charge in [0, 0.05) is 31.6 Å². The van der Waals surface area contributed by atoms with Crippen LogP contribution in [0.3, 0.4) is 0 Å². The topological polar surface area (TPSA) is 23.8 Å². The second-order valence-electron chi connectivity index (χ2n) is 7.23. The summed E-state index contributed by atoms with van der Waals surface area (Å²) in [6, 6.07) is 21.2. The molecule has 2 aromatic carbocycles. The molecular weight excluding hydrogens is 439 g/mol. The molecule has 3 aromatic rings. The maximum atomic E-state index is 6.36. The molecule has 0 radical (unpaired) electrons. The molecule has 0 fully saturated rings. The first-order chi connectivity index (χ1) is 15.1. The van der Waals surface area contributed by atoms with E-state index in [4.69, 9.17) is 16.6 Å². The number of rotatable bonds is 10. The van der Waals surface area contributed by atoms with Gasteiger partial charge >= 0.3 is 0 Å². The Hall–Kier alpha value is -1.56. The highest BCUT2D eigenvalue weighted by Crippen LogP contribution is 2.54. The van der Waals surface area contributed by atoms with Gasteiger partial charge in [0.05, 0.1) is 12.2 Å². The predicted molar refractivity (Wildman–Crippen MR) is 139 cm³/mol. The van der Waals surface area contributed by atoms with Crippen LogP contribution in [0.4, 0.5) is 0 Å². The van der Waals surface area contributed by atoms with Crippen molar-refractivity contribution >= 4 is 29.6 Å². The van der Waals surface area contributed by atoms with Crippen molar-refractivity contribution in [2.75, 3.05) is 26.2 Å². The van der Waals surface area contributed by atoms with Gasteiger partial charge in [-0.05, 0) is 22.9 Å². The maximum Gasteiger partial charge on any atom is 0.192 e. The highest BCUT2D eigenvalue weighted by Gasteiger charge is 2.29. The van der Waals surface area contributed by atoms with Crippen molar-refractivity contribution in [3.05, 3.63) is 76.4 Å². The Morgan fingerprint density at radius 1 is 0.839 bits per heavy atom. The fraction of sp³-hybridized carbons (Fsp3) is 0.375. The zero-order valence-corrected chi connectivity index (χ0v) is 21.5. The minimum atomic E-state index is -2.26. The van der Waals surface area contributed by atoms with Crippen molar-refractivity contribution in [2.45, 2.75) is 34.2 Å². The maximum absolute atomic E-state index is 6.36. The van der Waals surface area contributed by atoms with Crippen LogP contribution >= 0.6 is 17.8 Å². The zero-order valence-electron chi connectivity index (χ0n) is 18.9. The summed E-state index contributed by atoms with van der Waals surface area (Å²) >= 11 is 8.06. The fourth-order valence-electron chi connectivity index (χ4n) is 3.77. The standard InChI is InChI=1S/C24H33N4PS2/c1-5-26(6-2)29(30,27(7-3)8-4)25-24-28(19-21-15-11-9-12-16-21)23(20-31-24)22-17-13-10-14-18-22/h9-18,20H,5-8,19H2,1-4H3/b25-24-. The second-order valence-corrected chi connectivity index (χ2v) is 11.9. The van der Waals surface area contributed by atoms with Crippen molar-refractivity contribution in [1.82, 2.24) is 13.9 Å². The lowest BCUT2D eigenvalue weighted by molar-refractivity contribution is 0.420. The van der Waals surface area contributed by atoms with Crippen LogP contribution in [0.2, 0.25) is 0 Å². The first kappa shape index (κ1) is 24.1. The molecule has 0 bridgehead atoms. The first-order valence-electron chi connectivity index (χ1n) is 11.0. The zero-order chi connectivity index (χ0) is 22.3. The molecule has 0 saturated heterocycles. The third-order valence-electron chi connectivity index (χ3n) is 5.46. The van der Waals surface area contributed by atoms with Gasteiger partial charge in [-0.1, -0.05) is 88.4 Å². The molecule has 0 N–H and O–H groups in total. The quantitative estimate of drug-likeness (QED) is 0.335. The lowest BCUT2D eigenvalue weighted by Gasteiger charge is -2.37. The van der Waals surface area contributed by atoms with Crippen LogP contribution in [0, 0.1) is 0 Å². The number of aromatic nitrogens is 1. The molecule has 0 aliphatic rings. The summed E-state index contributed by atoms with van der Waals surface area (Å²) in [6.45, 7) is 10.9. The summed E-state index contributed by atoms with van der Waals surface area (Å²) in [5.41, 5.74) is 3.66. The van der Waals surface area contributed by atoms with E-state index in [1.54, 1.807) is 11.3 Å². The van der Waals surface area contributed by atoms with E-state index in [-0.39, 0.29) is 0 Å². The van der Waals surface area contributed by atoms with Crippen LogP contribution in [0.25, 0.3) is 11.3 Å². The van der Waals surface area contributed by atoms with Gasteiger partial charge in [0.15, 0.2) is 11.3 Å². The molecule has 31 heavy (non-hydrogen) atoms. The van der Waals surface area contributed by atoms with E-state index in [9.17, 15) is 0 Å². The molecule has 1 aromatic heterocycles. The van der Waals surface area contributed by atoms with Gasteiger partial charge in [-0.25, -0.2) is 9.34 Å².